The molecule has 1 fully saturated rings. The molecule has 2 aromatic rings. The number of hydrogen-bond donors (Lipinski definition) is 0. The Morgan fingerprint density at radius 1 is 1.22 bits per heavy atom. The van der Waals surface area contributed by atoms with E-state index in [0.717, 1.165) is 28.6 Å². The maximum absolute atomic E-state index is 13.0. The summed E-state index contributed by atoms with van der Waals surface area (Å²) in [6, 6.07) is 15.8. The van der Waals surface area contributed by atoms with Crippen LogP contribution in [-0.4, -0.2) is 29.1 Å². The monoisotopic (exact) mass is 380 g/mol. The van der Waals surface area contributed by atoms with Gasteiger partial charge >= 0.3 is 0 Å². The molecule has 4 nitrogen and oxygen atoms in total. The first-order valence-corrected chi connectivity index (χ1v) is 9.86. The van der Waals surface area contributed by atoms with E-state index in [-0.39, 0.29) is 11.9 Å². The normalized spacial score (nSPS) is 18.4. The molecule has 0 unspecified atom stereocenters. The van der Waals surface area contributed by atoms with Crippen molar-refractivity contribution in [2.24, 2.45) is 4.99 Å². The van der Waals surface area contributed by atoms with E-state index in [0.29, 0.717) is 4.91 Å². The molecule has 0 N–H and O–H groups in total. The van der Waals surface area contributed by atoms with E-state index in [1.54, 1.807) is 12.0 Å². The molecule has 1 saturated heterocycles. The number of rotatable bonds is 5. The Kier molecular flexibility index (Phi) is 6.01. The number of carbonyl (C=O) groups excluding carboxylic acids is 1. The maximum Gasteiger partial charge on any atom is 0.266 e. The Morgan fingerprint density at radius 2 is 1.96 bits per heavy atom. The smallest absolute Gasteiger partial charge is 0.266 e. The zero-order valence-corrected chi connectivity index (χ0v) is 16.9. The molecule has 0 radical (unpaired) electrons. The lowest BCUT2D eigenvalue weighted by molar-refractivity contribution is -0.123. The standard InChI is InChI=1S/C22H24N2O2S/c1-5-16(3)24-21(25)20(14-17-7-6-8-19(13-17)26-4)27-22(24)23-18-11-9-15(2)10-12-18/h6-14,16H,5H2,1-4H3/b20-14+,23-22?/t16-/m1/s1. The highest BCUT2D eigenvalue weighted by atomic mass is 32.2. The summed E-state index contributed by atoms with van der Waals surface area (Å²) in [4.78, 5) is 20.3. The van der Waals surface area contributed by atoms with E-state index < -0.39 is 0 Å². The van der Waals surface area contributed by atoms with Gasteiger partial charge in [0.15, 0.2) is 5.17 Å². The molecule has 1 aliphatic heterocycles. The number of carbonyl (C=O) groups is 1. The summed E-state index contributed by atoms with van der Waals surface area (Å²) in [5.41, 5.74) is 2.98. The van der Waals surface area contributed by atoms with Crippen LogP contribution in [0.15, 0.2) is 58.4 Å². The number of nitrogens with zero attached hydrogens (tertiary/aromatic N) is 2. The molecule has 0 bridgehead atoms. The second kappa shape index (κ2) is 8.44. The third-order valence-corrected chi connectivity index (χ3v) is 5.50. The van der Waals surface area contributed by atoms with Crippen molar-refractivity contribution in [3.63, 3.8) is 0 Å². The lowest BCUT2D eigenvalue weighted by Gasteiger charge is -2.22. The first-order valence-electron chi connectivity index (χ1n) is 9.04. The highest BCUT2D eigenvalue weighted by Gasteiger charge is 2.36. The fraction of sp³-hybridized carbons (Fsp3) is 0.273. The van der Waals surface area contributed by atoms with Gasteiger partial charge in [-0.2, -0.15) is 0 Å². The van der Waals surface area contributed by atoms with Crippen LogP contribution in [-0.2, 0) is 4.79 Å². The van der Waals surface area contributed by atoms with Crippen molar-refractivity contribution in [2.45, 2.75) is 33.2 Å². The highest BCUT2D eigenvalue weighted by Crippen LogP contribution is 2.36. The summed E-state index contributed by atoms with van der Waals surface area (Å²) in [7, 11) is 1.64. The van der Waals surface area contributed by atoms with E-state index >= 15 is 0 Å². The average molecular weight is 381 g/mol. The van der Waals surface area contributed by atoms with E-state index in [2.05, 4.69) is 13.8 Å². The number of amidine groups is 1. The van der Waals surface area contributed by atoms with Crippen LogP contribution >= 0.6 is 11.8 Å². The fourth-order valence-corrected chi connectivity index (χ4v) is 3.84. The van der Waals surface area contributed by atoms with Crippen molar-refractivity contribution in [2.75, 3.05) is 7.11 Å². The highest BCUT2D eigenvalue weighted by molar-refractivity contribution is 8.18. The maximum atomic E-state index is 13.0. The average Bonchev–Trinajstić information content (AvgIpc) is 2.98. The van der Waals surface area contributed by atoms with Gasteiger partial charge in [-0.3, -0.25) is 9.69 Å². The van der Waals surface area contributed by atoms with Gasteiger partial charge in [0.1, 0.15) is 5.75 Å². The van der Waals surface area contributed by atoms with E-state index in [4.69, 9.17) is 9.73 Å². The van der Waals surface area contributed by atoms with Crippen molar-refractivity contribution >= 4 is 34.6 Å². The number of benzene rings is 2. The van der Waals surface area contributed by atoms with Crippen LogP contribution in [0.4, 0.5) is 5.69 Å². The van der Waals surface area contributed by atoms with Crippen molar-refractivity contribution in [1.82, 2.24) is 4.90 Å². The molecular formula is C22H24N2O2S. The molecular weight excluding hydrogens is 356 g/mol. The quantitative estimate of drug-likeness (QED) is 0.652. The third-order valence-electron chi connectivity index (χ3n) is 4.52. The van der Waals surface area contributed by atoms with Crippen LogP contribution in [0.2, 0.25) is 0 Å². The largest absolute Gasteiger partial charge is 0.497 e. The fourth-order valence-electron chi connectivity index (χ4n) is 2.75. The predicted molar refractivity (Wildman–Crippen MR) is 113 cm³/mol. The minimum atomic E-state index is 0.00281. The van der Waals surface area contributed by atoms with Crippen LogP contribution in [0.1, 0.15) is 31.4 Å². The molecule has 0 aliphatic carbocycles. The van der Waals surface area contributed by atoms with Gasteiger partial charge in [-0.25, -0.2) is 4.99 Å². The summed E-state index contributed by atoms with van der Waals surface area (Å²) in [5, 5.41) is 0.729. The SMILES string of the molecule is CC[C@@H](C)N1C(=O)/C(=C\c2cccc(OC)c2)SC1=Nc1ccc(C)cc1. The summed E-state index contributed by atoms with van der Waals surface area (Å²) < 4.78 is 5.28. The number of thioether (sulfide) groups is 1. The van der Waals surface area contributed by atoms with Gasteiger partial charge < -0.3 is 4.74 Å². The van der Waals surface area contributed by atoms with Gasteiger partial charge in [0.25, 0.3) is 5.91 Å². The molecule has 0 aromatic heterocycles. The Morgan fingerprint density at radius 3 is 2.63 bits per heavy atom. The summed E-state index contributed by atoms with van der Waals surface area (Å²) in [6.07, 6.45) is 2.77. The Bertz CT molecular complexity index is 887. The topological polar surface area (TPSA) is 41.9 Å². The van der Waals surface area contributed by atoms with E-state index in [1.807, 2.05) is 61.5 Å². The zero-order chi connectivity index (χ0) is 19.4. The van der Waals surface area contributed by atoms with Crippen LogP contribution in [0.5, 0.6) is 5.75 Å². The molecule has 1 aliphatic rings. The van der Waals surface area contributed by atoms with Gasteiger partial charge in [0.05, 0.1) is 17.7 Å². The number of hydrogen-bond acceptors (Lipinski definition) is 4. The van der Waals surface area contributed by atoms with Crippen molar-refractivity contribution in [3.05, 3.63) is 64.6 Å². The van der Waals surface area contributed by atoms with Crippen LogP contribution < -0.4 is 4.74 Å². The Hall–Kier alpha value is -2.53. The third kappa shape index (κ3) is 4.42. The van der Waals surface area contributed by atoms with Gasteiger partial charge in [-0.1, -0.05) is 36.8 Å². The van der Waals surface area contributed by atoms with E-state index in [9.17, 15) is 4.79 Å². The van der Waals surface area contributed by atoms with Crippen molar-refractivity contribution in [1.29, 1.82) is 0 Å². The molecule has 1 heterocycles. The van der Waals surface area contributed by atoms with Crippen LogP contribution in [0, 0.1) is 6.92 Å². The van der Waals surface area contributed by atoms with Gasteiger partial charge in [-0.05, 0) is 67.9 Å². The van der Waals surface area contributed by atoms with Crippen molar-refractivity contribution in [3.8, 4) is 5.75 Å². The number of amides is 1. The molecule has 140 valence electrons. The van der Waals surface area contributed by atoms with Crippen LogP contribution in [0.3, 0.4) is 0 Å². The van der Waals surface area contributed by atoms with Gasteiger partial charge in [0, 0.05) is 6.04 Å². The molecule has 1 amide bonds. The molecule has 1 atom stereocenters. The first-order chi connectivity index (χ1) is 13.0. The van der Waals surface area contributed by atoms with Crippen LogP contribution in [0.25, 0.3) is 6.08 Å². The second-order valence-electron chi connectivity index (χ2n) is 6.55. The summed E-state index contributed by atoms with van der Waals surface area (Å²) >= 11 is 1.42. The Labute approximate surface area is 164 Å². The minimum absolute atomic E-state index is 0.00281. The molecule has 27 heavy (non-hydrogen) atoms. The number of aliphatic imine (C=N–C) groups is 1. The number of ether oxygens (including phenoxy) is 1. The number of methoxy groups -OCH3 is 1. The minimum Gasteiger partial charge on any atom is -0.497 e. The molecule has 3 rings (SSSR count). The lowest BCUT2D eigenvalue weighted by Crippen LogP contribution is -2.36. The molecule has 0 saturated carbocycles. The second-order valence-corrected chi connectivity index (χ2v) is 7.56. The summed E-state index contributed by atoms with van der Waals surface area (Å²) in [6.45, 7) is 6.18. The summed E-state index contributed by atoms with van der Waals surface area (Å²) in [5.74, 6) is 0.773. The lowest BCUT2D eigenvalue weighted by atomic mass is 10.2. The zero-order valence-electron chi connectivity index (χ0n) is 16.1. The van der Waals surface area contributed by atoms with Crippen molar-refractivity contribution < 1.29 is 9.53 Å². The molecule has 2 aromatic carbocycles. The Balaban J connectivity index is 1.97. The van der Waals surface area contributed by atoms with E-state index in [1.165, 1.54) is 17.3 Å². The number of aryl methyl sites for hydroxylation is 1. The molecule has 0 spiro atoms. The first kappa shape index (κ1) is 19.2. The predicted octanol–water partition coefficient (Wildman–Crippen LogP) is 5.41. The van der Waals surface area contributed by atoms with Gasteiger partial charge in [-0.15, -0.1) is 0 Å². The van der Waals surface area contributed by atoms with Gasteiger partial charge in [0.2, 0.25) is 0 Å². The molecule has 5 heteroatoms.